The second-order valence-electron chi connectivity index (χ2n) is 9.87. The second kappa shape index (κ2) is 12.7. The number of carbonyl (C=O) groups is 2. The predicted molar refractivity (Wildman–Crippen MR) is 161 cm³/mol. The van der Waals surface area contributed by atoms with Crippen LogP contribution < -0.4 is 20.4 Å². The van der Waals surface area contributed by atoms with Crippen molar-refractivity contribution in [2.24, 2.45) is 0 Å². The molecule has 0 aliphatic carbocycles. The van der Waals surface area contributed by atoms with Gasteiger partial charge in [0, 0.05) is 49.0 Å². The average Bonchev–Trinajstić information content (AvgIpc) is 3.52. The molecule has 4 aromatic rings. The maximum atomic E-state index is 13.0. The van der Waals surface area contributed by atoms with Crippen molar-refractivity contribution >= 4 is 40.5 Å². The summed E-state index contributed by atoms with van der Waals surface area (Å²) in [6.07, 6.45) is 3.01. The number of furan rings is 1. The fourth-order valence-electron chi connectivity index (χ4n) is 5.04. The number of para-hydroxylation sites is 1. The first-order valence-corrected chi connectivity index (χ1v) is 13.9. The Morgan fingerprint density at radius 1 is 0.850 bits per heavy atom. The van der Waals surface area contributed by atoms with Crippen molar-refractivity contribution in [3.8, 4) is 0 Å². The molecule has 2 amide bonds. The molecule has 3 aromatic carbocycles. The highest BCUT2D eigenvalue weighted by Gasteiger charge is 2.23. The Kier molecular flexibility index (Phi) is 8.71. The molecule has 206 valence electrons. The van der Waals surface area contributed by atoms with Crippen molar-refractivity contribution in [1.82, 2.24) is 5.32 Å². The maximum Gasteiger partial charge on any atom is 0.291 e. The summed E-state index contributed by atoms with van der Waals surface area (Å²) >= 11 is 6.25. The van der Waals surface area contributed by atoms with Gasteiger partial charge in [-0.25, -0.2) is 0 Å². The molecule has 40 heavy (non-hydrogen) atoms. The number of carbonyl (C=O) groups excluding carboxylic acids is 2. The van der Waals surface area contributed by atoms with Crippen LogP contribution in [-0.4, -0.2) is 44.5 Å². The fraction of sp³-hybridized carbons (Fsp3) is 0.250. The Bertz CT molecular complexity index is 1460. The number of amides is 2. The summed E-state index contributed by atoms with van der Waals surface area (Å²) in [5.41, 5.74) is 5.50. The van der Waals surface area contributed by atoms with Crippen LogP contribution in [0.4, 0.5) is 17.1 Å². The van der Waals surface area contributed by atoms with E-state index in [0.29, 0.717) is 17.8 Å². The number of piperazine rings is 1. The number of halogens is 1. The topological polar surface area (TPSA) is 77.8 Å². The SMILES string of the molecule is Cc1ccccc1N1CCN(c2ccc(C(=O)NCCCc3ccccc3Cl)cc2NC(=O)c2ccco2)CC1. The highest BCUT2D eigenvalue weighted by Crippen LogP contribution is 2.30. The molecule has 0 unspecified atom stereocenters. The molecule has 1 aliphatic rings. The third-order valence-corrected chi connectivity index (χ3v) is 7.56. The molecule has 1 aromatic heterocycles. The van der Waals surface area contributed by atoms with Crippen LogP contribution in [0.5, 0.6) is 0 Å². The van der Waals surface area contributed by atoms with Crippen LogP contribution in [0.2, 0.25) is 5.02 Å². The Labute approximate surface area is 239 Å². The summed E-state index contributed by atoms with van der Waals surface area (Å²) in [4.78, 5) is 30.6. The van der Waals surface area contributed by atoms with Gasteiger partial charge in [-0.05, 0) is 73.4 Å². The van der Waals surface area contributed by atoms with Gasteiger partial charge < -0.3 is 24.9 Å². The lowest BCUT2D eigenvalue weighted by Gasteiger charge is -2.38. The van der Waals surface area contributed by atoms with E-state index in [1.807, 2.05) is 36.4 Å². The predicted octanol–water partition coefficient (Wildman–Crippen LogP) is 6.18. The Balaban J connectivity index is 1.28. The standard InChI is InChI=1S/C32H33ClN4O3/c1-23-8-2-5-12-28(23)36-17-19-37(20-18-36)29-15-14-25(22-27(29)35-32(39)30-13-7-21-40-30)31(38)34-16-6-10-24-9-3-4-11-26(24)33/h2-5,7-9,11-15,21-22H,6,10,16-20H2,1H3,(H,34,38)(H,35,39). The molecule has 0 radical (unpaired) electrons. The first kappa shape index (κ1) is 27.3. The largest absolute Gasteiger partial charge is 0.459 e. The quantitative estimate of drug-likeness (QED) is 0.241. The minimum absolute atomic E-state index is 0.191. The van der Waals surface area contributed by atoms with Crippen LogP contribution in [0.15, 0.2) is 89.5 Å². The molecule has 0 spiro atoms. The van der Waals surface area contributed by atoms with Crippen molar-refractivity contribution in [1.29, 1.82) is 0 Å². The third-order valence-electron chi connectivity index (χ3n) is 7.19. The van der Waals surface area contributed by atoms with Gasteiger partial charge in [0.15, 0.2) is 5.76 Å². The molecule has 0 saturated carbocycles. The smallest absolute Gasteiger partial charge is 0.291 e. The normalized spacial score (nSPS) is 13.2. The average molecular weight is 557 g/mol. The molecule has 2 N–H and O–H groups in total. The zero-order chi connectivity index (χ0) is 27.9. The van der Waals surface area contributed by atoms with Crippen molar-refractivity contribution in [3.63, 3.8) is 0 Å². The summed E-state index contributed by atoms with van der Waals surface area (Å²) < 4.78 is 5.29. The van der Waals surface area contributed by atoms with Gasteiger partial charge in [-0.3, -0.25) is 9.59 Å². The maximum absolute atomic E-state index is 13.0. The lowest BCUT2D eigenvalue weighted by atomic mass is 10.1. The van der Waals surface area contributed by atoms with Gasteiger partial charge in [0.25, 0.3) is 11.8 Å². The van der Waals surface area contributed by atoms with Crippen LogP contribution in [0.3, 0.4) is 0 Å². The summed E-state index contributed by atoms with van der Waals surface area (Å²) in [5, 5.41) is 6.70. The Hall–Kier alpha value is -4.23. The minimum atomic E-state index is -0.359. The van der Waals surface area contributed by atoms with Crippen molar-refractivity contribution < 1.29 is 14.0 Å². The molecular formula is C32H33ClN4O3. The van der Waals surface area contributed by atoms with Gasteiger partial charge >= 0.3 is 0 Å². The summed E-state index contributed by atoms with van der Waals surface area (Å²) in [7, 11) is 0. The van der Waals surface area contributed by atoms with Crippen LogP contribution in [0, 0.1) is 6.92 Å². The number of rotatable bonds is 9. The van der Waals surface area contributed by atoms with Crippen molar-refractivity contribution in [3.05, 3.63) is 113 Å². The molecule has 5 rings (SSSR count). The van der Waals surface area contributed by atoms with Crippen molar-refractivity contribution in [2.45, 2.75) is 19.8 Å². The number of anilines is 3. The van der Waals surface area contributed by atoms with Gasteiger partial charge in [0.1, 0.15) is 0 Å². The zero-order valence-corrected chi connectivity index (χ0v) is 23.3. The van der Waals surface area contributed by atoms with Crippen LogP contribution >= 0.6 is 11.6 Å². The lowest BCUT2D eigenvalue weighted by Crippen LogP contribution is -2.47. The zero-order valence-electron chi connectivity index (χ0n) is 22.5. The van der Waals surface area contributed by atoms with Gasteiger partial charge in [0.2, 0.25) is 0 Å². The molecular weight excluding hydrogens is 524 g/mol. The fourth-order valence-corrected chi connectivity index (χ4v) is 5.27. The van der Waals surface area contributed by atoms with Gasteiger partial charge in [-0.1, -0.05) is 48.0 Å². The highest BCUT2D eigenvalue weighted by molar-refractivity contribution is 6.31. The summed E-state index contributed by atoms with van der Waals surface area (Å²) in [6, 6.07) is 24.9. The molecule has 8 heteroatoms. The third kappa shape index (κ3) is 6.49. The van der Waals surface area contributed by atoms with E-state index in [-0.39, 0.29) is 17.6 Å². The number of aryl methyl sites for hydroxylation is 2. The van der Waals surface area contributed by atoms with E-state index >= 15 is 0 Å². The Morgan fingerprint density at radius 3 is 2.30 bits per heavy atom. The lowest BCUT2D eigenvalue weighted by molar-refractivity contribution is 0.0951. The van der Waals surface area contributed by atoms with E-state index in [2.05, 4.69) is 51.6 Å². The van der Waals surface area contributed by atoms with E-state index in [0.717, 1.165) is 55.3 Å². The number of hydrogen-bond donors (Lipinski definition) is 2. The Morgan fingerprint density at radius 2 is 1.57 bits per heavy atom. The molecule has 0 atom stereocenters. The number of benzene rings is 3. The second-order valence-corrected chi connectivity index (χ2v) is 10.3. The van der Waals surface area contributed by atoms with Crippen LogP contribution in [0.1, 0.15) is 38.5 Å². The first-order chi connectivity index (χ1) is 19.5. The number of hydrogen-bond acceptors (Lipinski definition) is 5. The van der Waals surface area contributed by atoms with E-state index in [1.165, 1.54) is 17.5 Å². The first-order valence-electron chi connectivity index (χ1n) is 13.6. The molecule has 0 bridgehead atoms. The minimum Gasteiger partial charge on any atom is -0.459 e. The van der Waals surface area contributed by atoms with Crippen molar-refractivity contribution in [2.75, 3.05) is 47.8 Å². The van der Waals surface area contributed by atoms with E-state index in [1.54, 1.807) is 18.2 Å². The molecule has 1 saturated heterocycles. The molecule has 1 fully saturated rings. The number of nitrogens with zero attached hydrogens (tertiary/aromatic N) is 2. The molecule has 7 nitrogen and oxygen atoms in total. The van der Waals surface area contributed by atoms with Crippen LogP contribution in [-0.2, 0) is 6.42 Å². The summed E-state index contributed by atoms with van der Waals surface area (Å²) in [6.45, 7) is 5.91. The van der Waals surface area contributed by atoms with Gasteiger partial charge in [-0.2, -0.15) is 0 Å². The van der Waals surface area contributed by atoms with Gasteiger partial charge in [0.05, 0.1) is 17.6 Å². The summed E-state index contributed by atoms with van der Waals surface area (Å²) in [5.74, 6) is -0.338. The van der Waals surface area contributed by atoms with E-state index in [4.69, 9.17) is 16.0 Å². The monoisotopic (exact) mass is 556 g/mol. The molecule has 1 aliphatic heterocycles. The van der Waals surface area contributed by atoms with Gasteiger partial charge in [-0.15, -0.1) is 0 Å². The van der Waals surface area contributed by atoms with E-state index < -0.39 is 0 Å². The van der Waals surface area contributed by atoms with Crippen LogP contribution in [0.25, 0.3) is 0 Å². The van der Waals surface area contributed by atoms with E-state index in [9.17, 15) is 9.59 Å². The highest BCUT2D eigenvalue weighted by atomic mass is 35.5. The molecule has 2 heterocycles. The number of nitrogens with one attached hydrogen (secondary N) is 2.